The number of aryl methyl sites for hydroxylation is 1. The molecule has 2 rings (SSSR count). The molecule has 0 atom stereocenters. The molecular weight excluding hydrogens is 388 g/mol. The number of rotatable bonds is 5. The van der Waals surface area contributed by atoms with Gasteiger partial charge in [-0.15, -0.1) is 11.3 Å². The molecule has 0 aliphatic rings. The summed E-state index contributed by atoms with van der Waals surface area (Å²) in [5.74, 6) is -3.34. The van der Waals surface area contributed by atoms with Crippen molar-refractivity contribution >= 4 is 39.7 Å². The minimum Gasteiger partial charge on any atom is -0.342 e. The summed E-state index contributed by atoms with van der Waals surface area (Å²) in [5.41, 5.74) is 0.170. The second kappa shape index (κ2) is 8.47. The monoisotopic (exact) mass is 409 g/mol. The largest absolute Gasteiger partial charge is 0.342 e. The molecule has 6 nitrogen and oxygen atoms in total. The highest BCUT2D eigenvalue weighted by molar-refractivity contribution is 7.18. The Balaban J connectivity index is 1.94. The van der Waals surface area contributed by atoms with Crippen molar-refractivity contribution in [3.05, 3.63) is 46.3 Å². The second-order valence-corrected chi connectivity index (χ2v) is 8.24. The normalized spacial score (nSPS) is 11.1. The first-order valence-corrected chi connectivity index (χ1v) is 9.24. The number of anilines is 2. The molecule has 1 aromatic heterocycles. The fraction of sp³-hybridized carbons (Fsp3) is 0.316. The van der Waals surface area contributed by atoms with E-state index < -0.39 is 28.9 Å². The number of benzene rings is 1. The maximum absolute atomic E-state index is 13.2. The Morgan fingerprint density at radius 3 is 2.32 bits per heavy atom. The summed E-state index contributed by atoms with van der Waals surface area (Å²) in [6.07, 6.45) is 0. The lowest BCUT2D eigenvalue weighted by molar-refractivity contribution is -0.123. The zero-order valence-corrected chi connectivity index (χ0v) is 16.7. The van der Waals surface area contributed by atoms with Crippen molar-refractivity contribution in [1.29, 1.82) is 0 Å². The van der Waals surface area contributed by atoms with Crippen LogP contribution in [-0.2, 0) is 9.59 Å². The third-order valence-corrected chi connectivity index (χ3v) is 4.81. The summed E-state index contributed by atoms with van der Waals surface area (Å²) in [6, 6.07) is 4.64. The van der Waals surface area contributed by atoms with E-state index in [1.807, 2.05) is 0 Å². The molecule has 0 aliphatic carbocycles. The van der Waals surface area contributed by atoms with Gasteiger partial charge in [-0.1, -0.05) is 20.8 Å². The second-order valence-electron chi connectivity index (χ2n) is 7.19. The quantitative estimate of drug-likeness (QED) is 0.704. The standard InChI is InChI=1S/C19H21F2N3O3S/c1-10-7-15(24-18(27)19(2,3)4)28-16(10)17(26)22-9-14(25)23-11-5-6-12(20)13(21)8-11/h5-8H,9H2,1-4H3,(H,22,26)(H,23,25)(H,24,27). The molecule has 0 unspecified atom stereocenters. The van der Waals surface area contributed by atoms with Crippen LogP contribution < -0.4 is 16.0 Å². The molecule has 28 heavy (non-hydrogen) atoms. The molecule has 0 saturated carbocycles. The lowest BCUT2D eigenvalue weighted by atomic mass is 9.96. The number of thiophene rings is 1. The average molecular weight is 409 g/mol. The van der Waals surface area contributed by atoms with Crippen LogP contribution in [0.2, 0.25) is 0 Å². The van der Waals surface area contributed by atoms with Gasteiger partial charge in [0.05, 0.1) is 16.4 Å². The fourth-order valence-electron chi connectivity index (χ4n) is 2.09. The number of carbonyl (C=O) groups excluding carboxylic acids is 3. The number of hydrogen-bond donors (Lipinski definition) is 3. The molecule has 0 radical (unpaired) electrons. The van der Waals surface area contributed by atoms with Gasteiger partial charge in [0, 0.05) is 17.2 Å². The highest BCUT2D eigenvalue weighted by Crippen LogP contribution is 2.28. The van der Waals surface area contributed by atoms with Crippen molar-refractivity contribution in [2.45, 2.75) is 27.7 Å². The van der Waals surface area contributed by atoms with Crippen LogP contribution in [0.4, 0.5) is 19.5 Å². The molecule has 3 N–H and O–H groups in total. The van der Waals surface area contributed by atoms with Crippen molar-refractivity contribution in [2.75, 3.05) is 17.2 Å². The van der Waals surface area contributed by atoms with Crippen LogP contribution in [-0.4, -0.2) is 24.3 Å². The highest BCUT2D eigenvalue weighted by Gasteiger charge is 2.23. The van der Waals surface area contributed by atoms with Gasteiger partial charge in [-0.2, -0.15) is 0 Å². The third-order valence-electron chi connectivity index (χ3n) is 3.65. The number of hydrogen-bond acceptors (Lipinski definition) is 4. The summed E-state index contributed by atoms with van der Waals surface area (Å²) < 4.78 is 26.0. The maximum atomic E-state index is 13.2. The fourth-order valence-corrected chi connectivity index (χ4v) is 3.07. The Hall–Kier alpha value is -2.81. The Morgan fingerprint density at radius 2 is 1.71 bits per heavy atom. The summed E-state index contributed by atoms with van der Waals surface area (Å²) in [6.45, 7) is 6.71. The van der Waals surface area contributed by atoms with Crippen LogP contribution in [0.3, 0.4) is 0 Å². The summed E-state index contributed by atoms with van der Waals surface area (Å²) >= 11 is 1.10. The van der Waals surface area contributed by atoms with E-state index in [2.05, 4.69) is 16.0 Å². The van der Waals surface area contributed by atoms with Crippen molar-refractivity contribution in [1.82, 2.24) is 5.32 Å². The van der Waals surface area contributed by atoms with Gasteiger partial charge in [0.2, 0.25) is 11.8 Å². The molecule has 0 bridgehead atoms. The molecule has 3 amide bonds. The van der Waals surface area contributed by atoms with E-state index in [-0.39, 0.29) is 18.1 Å². The van der Waals surface area contributed by atoms with Gasteiger partial charge in [0.1, 0.15) is 0 Å². The van der Waals surface area contributed by atoms with Gasteiger partial charge in [0.15, 0.2) is 11.6 Å². The van der Waals surface area contributed by atoms with Crippen LogP contribution >= 0.6 is 11.3 Å². The summed E-state index contributed by atoms with van der Waals surface area (Å²) in [4.78, 5) is 36.6. The Labute approximate surface area is 165 Å². The first-order chi connectivity index (χ1) is 13.0. The lowest BCUT2D eigenvalue weighted by Crippen LogP contribution is -2.32. The molecule has 0 fully saturated rings. The van der Waals surface area contributed by atoms with Crippen molar-refractivity contribution in [3.8, 4) is 0 Å². The molecule has 150 valence electrons. The summed E-state index contributed by atoms with van der Waals surface area (Å²) in [7, 11) is 0. The summed E-state index contributed by atoms with van der Waals surface area (Å²) in [5, 5.41) is 8.12. The Morgan fingerprint density at radius 1 is 1.04 bits per heavy atom. The zero-order valence-electron chi connectivity index (χ0n) is 15.9. The van der Waals surface area contributed by atoms with Gasteiger partial charge in [0.25, 0.3) is 5.91 Å². The first kappa shape index (κ1) is 21.5. The molecule has 1 aromatic carbocycles. The van der Waals surface area contributed by atoms with Crippen LogP contribution in [0.15, 0.2) is 24.3 Å². The molecule has 0 saturated heterocycles. The SMILES string of the molecule is Cc1cc(NC(=O)C(C)(C)C)sc1C(=O)NCC(=O)Nc1ccc(F)c(F)c1. The van der Waals surface area contributed by atoms with Gasteiger partial charge in [-0.25, -0.2) is 8.78 Å². The number of halogens is 2. The smallest absolute Gasteiger partial charge is 0.262 e. The topological polar surface area (TPSA) is 87.3 Å². The number of nitrogens with one attached hydrogen (secondary N) is 3. The minimum atomic E-state index is -1.08. The first-order valence-electron chi connectivity index (χ1n) is 8.42. The van der Waals surface area contributed by atoms with Gasteiger partial charge in [-0.05, 0) is 30.7 Å². The molecule has 0 aliphatic heterocycles. The van der Waals surface area contributed by atoms with Gasteiger partial charge in [-0.3, -0.25) is 14.4 Å². The van der Waals surface area contributed by atoms with E-state index >= 15 is 0 Å². The third kappa shape index (κ3) is 5.59. The van der Waals surface area contributed by atoms with E-state index in [0.29, 0.717) is 15.4 Å². The lowest BCUT2D eigenvalue weighted by Gasteiger charge is -2.16. The molecule has 2 aromatic rings. The van der Waals surface area contributed by atoms with Crippen LogP contribution in [0, 0.1) is 24.0 Å². The molecular formula is C19H21F2N3O3S. The predicted molar refractivity (Wildman–Crippen MR) is 104 cm³/mol. The van der Waals surface area contributed by atoms with Crippen molar-refractivity contribution < 1.29 is 23.2 Å². The Bertz CT molecular complexity index is 920. The van der Waals surface area contributed by atoms with Crippen LogP contribution in [0.25, 0.3) is 0 Å². The van der Waals surface area contributed by atoms with E-state index in [1.165, 1.54) is 6.07 Å². The predicted octanol–water partition coefficient (Wildman–Crippen LogP) is 3.69. The van der Waals surface area contributed by atoms with E-state index in [0.717, 1.165) is 23.5 Å². The van der Waals surface area contributed by atoms with Gasteiger partial charge < -0.3 is 16.0 Å². The average Bonchev–Trinajstić information content (AvgIpc) is 2.95. The zero-order chi connectivity index (χ0) is 21.1. The molecule has 9 heteroatoms. The number of amides is 3. The maximum Gasteiger partial charge on any atom is 0.262 e. The van der Waals surface area contributed by atoms with E-state index in [9.17, 15) is 23.2 Å². The van der Waals surface area contributed by atoms with Crippen molar-refractivity contribution in [2.24, 2.45) is 5.41 Å². The molecule has 0 spiro atoms. The molecule has 1 heterocycles. The van der Waals surface area contributed by atoms with E-state index in [4.69, 9.17) is 0 Å². The van der Waals surface area contributed by atoms with Crippen LogP contribution in [0.5, 0.6) is 0 Å². The van der Waals surface area contributed by atoms with Crippen molar-refractivity contribution in [3.63, 3.8) is 0 Å². The van der Waals surface area contributed by atoms with Gasteiger partial charge >= 0.3 is 0 Å². The minimum absolute atomic E-state index is 0.0811. The number of carbonyl (C=O) groups is 3. The van der Waals surface area contributed by atoms with Crippen LogP contribution in [0.1, 0.15) is 36.0 Å². The van der Waals surface area contributed by atoms with E-state index in [1.54, 1.807) is 33.8 Å². The highest BCUT2D eigenvalue weighted by atomic mass is 32.1. The Kier molecular flexibility index (Phi) is 6.50.